The summed E-state index contributed by atoms with van der Waals surface area (Å²) in [6.07, 6.45) is 1.91. The van der Waals surface area contributed by atoms with Crippen molar-refractivity contribution in [3.05, 3.63) is 54.2 Å². The van der Waals surface area contributed by atoms with Gasteiger partial charge in [-0.05, 0) is 36.2 Å². The third kappa shape index (κ3) is 2.21. The SMILES string of the molecule is Cc1cccc2c1c(-c1nsc3ccccc13)cn2CC(=O)O. The van der Waals surface area contributed by atoms with E-state index in [4.69, 9.17) is 0 Å². The summed E-state index contributed by atoms with van der Waals surface area (Å²) < 4.78 is 7.55. The Hall–Kier alpha value is -2.66. The molecular weight excluding hydrogens is 308 g/mol. The van der Waals surface area contributed by atoms with Gasteiger partial charge in [-0.3, -0.25) is 4.79 Å². The summed E-state index contributed by atoms with van der Waals surface area (Å²) in [5.74, 6) is -0.849. The van der Waals surface area contributed by atoms with Crippen LogP contribution in [-0.2, 0) is 11.3 Å². The molecule has 5 heteroatoms. The van der Waals surface area contributed by atoms with E-state index in [9.17, 15) is 9.90 Å². The van der Waals surface area contributed by atoms with Crippen molar-refractivity contribution >= 4 is 38.5 Å². The molecule has 0 aliphatic heterocycles. The van der Waals surface area contributed by atoms with E-state index >= 15 is 0 Å². The number of fused-ring (bicyclic) bond motifs is 2. The van der Waals surface area contributed by atoms with Crippen LogP contribution in [0.3, 0.4) is 0 Å². The van der Waals surface area contributed by atoms with Crippen LogP contribution in [0.4, 0.5) is 0 Å². The van der Waals surface area contributed by atoms with E-state index in [1.807, 2.05) is 43.5 Å². The van der Waals surface area contributed by atoms with Crippen molar-refractivity contribution in [3.63, 3.8) is 0 Å². The number of aryl methyl sites for hydroxylation is 1. The number of aromatic nitrogens is 2. The maximum atomic E-state index is 11.2. The third-order valence-electron chi connectivity index (χ3n) is 4.05. The van der Waals surface area contributed by atoms with E-state index in [1.54, 1.807) is 4.57 Å². The Labute approximate surface area is 136 Å². The second kappa shape index (κ2) is 5.21. The lowest BCUT2D eigenvalue weighted by atomic mass is 10.0. The average molecular weight is 322 g/mol. The van der Waals surface area contributed by atoms with Gasteiger partial charge in [-0.1, -0.05) is 30.3 Å². The van der Waals surface area contributed by atoms with Crippen molar-refractivity contribution in [1.29, 1.82) is 0 Å². The molecule has 4 rings (SSSR count). The maximum Gasteiger partial charge on any atom is 0.323 e. The van der Waals surface area contributed by atoms with Crippen molar-refractivity contribution in [2.45, 2.75) is 13.5 Å². The van der Waals surface area contributed by atoms with Gasteiger partial charge in [0.05, 0.1) is 10.4 Å². The molecule has 0 amide bonds. The summed E-state index contributed by atoms with van der Waals surface area (Å²) in [4.78, 5) is 11.2. The molecule has 2 aromatic carbocycles. The van der Waals surface area contributed by atoms with Gasteiger partial charge in [0.2, 0.25) is 0 Å². The third-order valence-corrected chi connectivity index (χ3v) is 4.88. The lowest BCUT2D eigenvalue weighted by molar-refractivity contribution is -0.137. The highest BCUT2D eigenvalue weighted by Gasteiger charge is 2.17. The van der Waals surface area contributed by atoms with Crippen LogP contribution in [0.2, 0.25) is 0 Å². The molecule has 0 bridgehead atoms. The quantitative estimate of drug-likeness (QED) is 0.611. The Morgan fingerprint density at radius 2 is 2.04 bits per heavy atom. The highest BCUT2D eigenvalue weighted by Crippen LogP contribution is 2.37. The largest absolute Gasteiger partial charge is 0.480 e. The van der Waals surface area contributed by atoms with Crippen LogP contribution in [-0.4, -0.2) is 20.0 Å². The van der Waals surface area contributed by atoms with E-state index in [0.717, 1.165) is 37.8 Å². The summed E-state index contributed by atoms with van der Waals surface area (Å²) in [5, 5.41) is 11.4. The number of hydrogen-bond acceptors (Lipinski definition) is 3. The molecule has 0 fully saturated rings. The first kappa shape index (κ1) is 14.0. The first-order chi connectivity index (χ1) is 11.1. The highest BCUT2D eigenvalue weighted by molar-refractivity contribution is 7.13. The molecular formula is C18H14N2O2S. The number of aliphatic carboxylic acids is 1. The van der Waals surface area contributed by atoms with Crippen molar-refractivity contribution in [2.24, 2.45) is 0 Å². The minimum Gasteiger partial charge on any atom is -0.480 e. The number of benzene rings is 2. The molecule has 0 radical (unpaired) electrons. The molecule has 0 saturated heterocycles. The van der Waals surface area contributed by atoms with Crippen molar-refractivity contribution < 1.29 is 9.90 Å². The Morgan fingerprint density at radius 3 is 2.87 bits per heavy atom. The van der Waals surface area contributed by atoms with Crippen molar-refractivity contribution in [2.75, 3.05) is 0 Å². The van der Waals surface area contributed by atoms with Gasteiger partial charge in [0.1, 0.15) is 6.54 Å². The molecule has 0 unspecified atom stereocenters. The normalized spacial score (nSPS) is 11.3. The molecule has 2 heterocycles. The smallest absolute Gasteiger partial charge is 0.323 e. The summed E-state index contributed by atoms with van der Waals surface area (Å²) in [6.45, 7) is 1.99. The summed E-state index contributed by atoms with van der Waals surface area (Å²) in [5.41, 5.74) is 3.98. The van der Waals surface area contributed by atoms with E-state index in [-0.39, 0.29) is 6.54 Å². The molecule has 0 aliphatic rings. The van der Waals surface area contributed by atoms with Crippen LogP contribution in [0.5, 0.6) is 0 Å². The van der Waals surface area contributed by atoms with E-state index in [2.05, 4.69) is 16.5 Å². The molecule has 0 atom stereocenters. The van der Waals surface area contributed by atoms with Gasteiger partial charge < -0.3 is 9.67 Å². The van der Waals surface area contributed by atoms with Gasteiger partial charge in [-0.2, -0.15) is 4.37 Å². The summed E-state index contributed by atoms with van der Waals surface area (Å²) >= 11 is 1.47. The summed E-state index contributed by atoms with van der Waals surface area (Å²) in [7, 11) is 0. The van der Waals surface area contributed by atoms with Gasteiger partial charge in [0, 0.05) is 28.0 Å². The zero-order valence-corrected chi connectivity index (χ0v) is 13.3. The zero-order valence-electron chi connectivity index (χ0n) is 12.5. The van der Waals surface area contributed by atoms with Crippen LogP contribution >= 0.6 is 11.5 Å². The fourth-order valence-corrected chi connectivity index (χ4v) is 3.86. The second-order valence-corrected chi connectivity index (χ2v) is 6.37. The van der Waals surface area contributed by atoms with E-state index < -0.39 is 5.97 Å². The molecule has 1 N–H and O–H groups in total. The summed E-state index contributed by atoms with van der Waals surface area (Å²) in [6, 6.07) is 14.1. The zero-order chi connectivity index (χ0) is 16.0. The molecule has 4 nitrogen and oxygen atoms in total. The van der Waals surface area contributed by atoms with Gasteiger partial charge in [-0.15, -0.1) is 0 Å². The topological polar surface area (TPSA) is 55.1 Å². The fraction of sp³-hybridized carbons (Fsp3) is 0.111. The van der Waals surface area contributed by atoms with Gasteiger partial charge in [0.15, 0.2) is 0 Å². The first-order valence-corrected chi connectivity index (χ1v) is 8.07. The molecule has 114 valence electrons. The van der Waals surface area contributed by atoms with E-state index in [1.165, 1.54) is 11.5 Å². The fourth-order valence-electron chi connectivity index (χ4n) is 3.07. The average Bonchev–Trinajstić information content (AvgIpc) is 3.09. The lowest BCUT2D eigenvalue weighted by Crippen LogP contribution is -2.07. The molecule has 0 saturated carbocycles. The standard InChI is InChI=1S/C18H14N2O2S/c1-11-5-4-7-14-17(11)13(9-20(14)10-16(21)22)18-12-6-2-3-8-15(12)23-19-18/h2-9H,10H2,1H3,(H,21,22). The Bertz CT molecular complexity index is 1050. The van der Waals surface area contributed by atoms with Crippen LogP contribution in [0, 0.1) is 6.92 Å². The van der Waals surface area contributed by atoms with Crippen LogP contribution in [0.15, 0.2) is 48.7 Å². The van der Waals surface area contributed by atoms with E-state index in [0.29, 0.717) is 0 Å². The van der Waals surface area contributed by atoms with Crippen LogP contribution < -0.4 is 0 Å². The molecule has 2 aromatic heterocycles. The van der Waals surface area contributed by atoms with Gasteiger partial charge in [-0.25, -0.2) is 0 Å². The number of rotatable bonds is 3. The predicted octanol–water partition coefficient (Wildman–Crippen LogP) is 4.31. The Balaban J connectivity index is 2.05. The van der Waals surface area contributed by atoms with Gasteiger partial charge >= 0.3 is 5.97 Å². The monoisotopic (exact) mass is 322 g/mol. The number of hydrogen-bond donors (Lipinski definition) is 1. The molecule has 23 heavy (non-hydrogen) atoms. The van der Waals surface area contributed by atoms with Crippen molar-refractivity contribution in [3.8, 4) is 11.3 Å². The second-order valence-electron chi connectivity index (χ2n) is 5.56. The molecule has 0 aliphatic carbocycles. The molecule has 0 spiro atoms. The lowest BCUT2D eigenvalue weighted by Gasteiger charge is -2.02. The van der Waals surface area contributed by atoms with Crippen LogP contribution in [0.25, 0.3) is 32.2 Å². The Kier molecular flexibility index (Phi) is 3.16. The number of carboxylic acids is 1. The maximum absolute atomic E-state index is 11.2. The van der Waals surface area contributed by atoms with Gasteiger partial charge in [0.25, 0.3) is 0 Å². The number of carbonyl (C=O) groups is 1. The number of carboxylic acid groups (broad SMARTS) is 1. The predicted molar refractivity (Wildman–Crippen MR) is 92.9 cm³/mol. The highest BCUT2D eigenvalue weighted by atomic mass is 32.1. The van der Waals surface area contributed by atoms with Crippen LogP contribution in [0.1, 0.15) is 5.56 Å². The Morgan fingerprint density at radius 1 is 1.22 bits per heavy atom. The van der Waals surface area contributed by atoms with Crippen molar-refractivity contribution in [1.82, 2.24) is 8.94 Å². The molecule has 4 aromatic rings. The number of nitrogens with zero attached hydrogens (tertiary/aromatic N) is 2. The minimum atomic E-state index is -0.849. The first-order valence-electron chi connectivity index (χ1n) is 7.30. The minimum absolute atomic E-state index is 0.0535.